The molecule has 0 aliphatic carbocycles. The molecule has 3 nitrogen and oxygen atoms in total. The lowest BCUT2D eigenvalue weighted by Crippen LogP contribution is -2.02. The first-order chi connectivity index (χ1) is 9.28. The zero-order chi connectivity index (χ0) is 13.2. The third-order valence-corrected chi connectivity index (χ3v) is 3.14. The van der Waals surface area contributed by atoms with Crippen LogP contribution in [0, 0.1) is 0 Å². The molecule has 0 atom stereocenters. The van der Waals surface area contributed by atoms with E-state index < -0.39 is 0 Å². The Kier molecular flexibility index (Phi) is 2.80. The van der Waals surface area contributed by atoms with Crippen LogP contribution < -0.4 is 10.3 Å². The minimum Gasteiger partial charge on any atom is -0.496 e. The number of fused-ring (bicyclic) bond motifs is 1. The molecule has 0 bridgehead atoms. The minimum atomic E-state index is -0.0929. The zero-order valence-electron chi connectivity index (χ0n) is 10.5. The number of hydrogen-bond acceptors (Lipinski definition) is 2. The third-order valence-electron chi connectivity index (χ3n) is 3.14. The maximum Gasteiger partial charge on any atom is 0.248 e. The first-order valence-electron chi connectivity index (χ1n) is 6.04. The molecule has 94 valence electrons. The number of benzene rings is 2. The van der Waals surface area contributed by atoms with Crippen LogP contribution in [0.4, 0.5) is 0 Å². The van der Waals surface area contributed by atoms with Gasteiger partial charge >= 0.3 is 0 Å². The van der Waals surface area contributed by atoms with Gasteiger partial charge in [-0.1, -0.05) is 30.3 Å². The number of H-pyrrole nitrogens is 1. The van der Waals surface area contributed by atoms with Crippen molar-refractivity contribution >= 4 is 10.9 Å². The van der Waals surface area contributed by atoms with Crippen LogP contribution in [0.5, 0.6) is 5.75 Å². The van der Waals surface area contributed by atoms with Crippen LogP contribution in [-0.4, -0.2) is 12.1 Å². The number of methoxy groups -OCH3 is 1. The summed E-state index contributed by atoms with van der Waals surface area (Å²) in [5, 5.41) is 1.01. The summed E-state index contributed by atoms with van der Waals surface area (Å²) in [5.74, 6) is 0.820. The molecule has 3 aromatic rings. The Labute approximate surface area is 110 Å². The second-order valence-electron chi connectivity index (χ2n) is 4.32. The Morgan fingerprint density at radius 3 is 2.63 bits per heavy atom. The van der Waals surface area contributed by atoms with E-state index in [4.69, 9.17) is 4.74 Å². The average Bonchev–Trinajstić information content (AvgIpc) is 2.46. The van der Waals surface area contributed by atoms with E-state index in [9.17, 15) is 4.79 Å². The molecule has 1 heterocycles. The Balaban J connectivity index is 2.22. The Bertz CT molecular complexity index is 790. The van der Waals surface area contributed by atoms with Crippen molar-refractivity contribution in [2.24, 2.45) is 0 Å². The number of para-hydroxylation sites is 1. The summed E-state index contributed by atoms with van der Waals surface area (Å²) < 4.78 is 5.36. The zero-order valence-corrected chi connectivity index (χ0v) is 10.5. The number of hydrogen-bond donors (Lipinski definition) is 1. The van der Waals surface area contributed by atoms with Crippen molar-refractivity contribution in [3.05, 3.63) is 65.0 Å². The van der Waals surface area contributed by atoms with Crippen molar-refractivity contribution in [3.63, 3.8) is 0 Å². The molecule has 2 aromatic carbocycles. The highest BCUT2D eigenvalue weighted by Gasteiger charge is 2.05. The van der Waals surface area contributed by atoms with Crippen molar-refractivity contribution in [1.82, 2.24) is 4.98 Å². The molecule has 0 radical (unpaired) electrons. The van der Waals surface area contributed by atoms with E-state index in [1.807, 2.05) is 48.5 Å². The first-order valence-corrected chi connectivity index (χ1v) is 6.04. The van der Waals surface area contributed by atoms with Crippen LogP contribution in [0.2, 0.25) is 0 Å². The van der Waals surface area contributed by atoms with Gasteiger partial charge in [-0.25, -0.2) is 0 Å². The summed E-state index contributed by atoms with van der Waals surface area (Å²) in [4.78, 5) is 14.2. The van der Waals surface area contributed by atoms with Gasteiger partial charge in [0, 0.05) is 17.1 Å². The smallest absolute Gasteiger partial charge is 0.248 e. The summed E-state index contributed by atoms with van der Waals surface area (Å²) in [6.45, 7) is 0. The summed E-state index contributed by atoms with van der Waals surface area (Å²) in [6, 6.07) is 17.2. The molecule has 0 amide bonds. The maximum absolute atomic E-state index is 11.4. The van der Waals surface area contributed by atoms with E-state index in [-0.39, 0.29) is 5.56 Å². The monoisotopic (exact) mass is 251 g/mol. The third kappa shape index (κ3) is 2.10. The highest BCUT2D eigenvalue weighted by atomic mass is 16.5. The van der Waals surface area contributed by atoms with Crippen molar-refractivity contribution < 1.29 is 4.74 Å². The number of aromatic amines is 1. The van der Waals surface area contributed by atoms with Crippen LogP contribution in [0.15, 0.2) is 59.4 Å². The molecule has 0 saturated heterocycles. The van der Waals surface area contributed by atoms with Gasteiger partial charge in [-0.3, -0.25) is 4.79 Å². The lowest BCUT2D eigenvalue weighted by molar-refractivity contribution is 0.416. The van der Waals surface area contributed by atoms with E-state index in [0.717, 1.165) is 27.8 Å². The molecule has 3 heteroatoms. The molecule has 0 saturated carbocycles. The largest absolute Gasteiger partial charge is 0.496 e. The number of aromatic nitrogens is 1. The van der Waals surface area contributed by atoms with Gasteiger partial charge < -0.3 is 9.72 Å². The molecular formula is C16H13NO2. The lowest BCUT2D eigenvalue weighted by Gasteiger charge is -2.09. The summed E-state index contributed by atoms with van der Waals surface area (Å²) >= 11 is 0. The summed E-state index contributed by atoms with van der Waals surface area (Å²) in [7, 11) is 1.65. The number of nitrogens with one attached hydrogen (secondary N) is 1. The Morgan fingerprint density at radius 2 is 1.79 bits per heavy atom. The van der Waals surface area contributed by atoms with Crippen molar-refractivity contribution in [3.8, 4) is 16.9 Å². The molecular weight excluding hydrogens is 238 g/mol. The molecule has 0 aliphatic rings. The molecule has 0 spiro atoms. The molecule has 1 N–H and O–H groups in total. The van der Waals surface area contributed by atoms with Gasteiger partial charge in [0.1, 0.15) is 5.75 Å². The molecule has 0 fully saturated rings. The maximum atomic E-state index is 11.4. The highest BCUT2D eigenvalue weighted by molar-refractivity contribution is 5.85. The van der Waals surface area contributed by atoms with Gasteiger partial charge in [0.05, 0.1) is 7.11 Å². The normalized spacial score (nSPS) is 10.6. The van der Waals surface area contributed by atoms with Crippen molar-refractivity contribution in [2.75, 3.05) is 7.11 Å². The average molecular weight is 251 g/mol. The number of ether oxygens (including phenoxy) is 1. The van der Waals surface area contributed by atoms with Crippen molar-refractivity contribution in [2.45, 2.75) is 0 Å². The minimum absolute atomic E-state index is 0.0929. The second-order valence-corrected chi connectivity index (χ2v) is 4.32. The standard InChI is InChI=1S/C16H13NO2/c1-19-15-5-3-2-4-13(15)12-7-6-11-8-9-16(18)17-14(11)10-12/h2-10H,1H3,(H,17,18). The summed E-state index contributed by atoms with van der Waals surface area (Å²) in [6.07, 6.45) is 0. The highest BCUT2D eigenvalue weighted by Crippen LogP contribution is 2.30. The van der Waals surface area contributed by atoms with Gasteiger partial charge in [0.25, 0.3) is 0 Å². The topological polar surface area (TPSA) is 42.1 Å². The predicted octanol–water partition coefficient (Wildman–Crippen LogP) is 3.20. The van der Waals surface area contributed by atoms with Crippen LogP contribution in [0.3, 0.4) is 0 Å². The van der Waals surface area contributed by atoms with Crippen LogP contribution in [0.25, 0.3) is 22.0 Å². The summed E-state index contributed by atoms with van der Waals surface area (Å²) in [5.41, 5.74) is 2.77. The van der Waals surface area contributed by atoms with Gasteiger partial charge in [-0.15, -0.1) is 0 Å². The lowest BCUT2D eigenvalue weighted by atomic mass is 10.0. The molecule has 3 rings (SSSR count). The Hall–Kier alpha value is -2.55. The van der Waals surface area contributed by atoms with E-state index in [2.05, 4.69) is 4.98 Å². The van der Waals surface area contributed by atoms with Crippen molar-refractivity contribution in [1.29, 1.82) is 0 Å². The van der Waals surface area contributed by atoms with E-state index >= 15 is 0 Å². The van der Waals surface area contributed by atoms with Crippen LogP contribution in [-0.2, 0) is 0 Å². The van der Waals surface area contributed by atoms with Gasteiger partial charge in [-0.05, 0) is 29.1 Å². The van der Waals surface area contributed by atoms with Gasteiger partial charge in [-0.2, -0.15) is 0 Å². The van der Waals surface area contributed by atoms with Crippen LogP contribution in [0.1, 0.15) is 0 Å². The van der Waals surface area contributed by atoms with Gasteiger partial charge in [0.2, 0.25) is 5.56 Å². The second kappa shape index (κ2) is 4.61. The van der Waals surface area contributed by atoms with Gasteiger partial charge in [0.15, 0.2) is 0 Å². The van der Waals surface area contributed by atoms with E-state index in [1.165, 1.54) is 6.07 Å². The first kappa shape index (κ1) is 11.5. The molecule has 0 unspecified atom stereocenters. The van der Waals surface area contributed by atoms with Crippen LogP contribution >= 0.6 is 0 Å². The fourth-order valence-corrected chi connectivity index (χ4v) is 2.20. The molecule has 19 heavy (non-hydrogen) atoms. The number of pyridine rings is 1. The fraction of sp³-hybridized carbons (Fsp3) is 0.0625. The quantitative estimate of drug-likeness (QED) is 0.760. The van der Waals surface area contributed by atoms with E-state index in [1.54, 1.807) is 7.11 Å². The van der Waals surface area contributed by atoms with E-state index in [0.29, 0.717) is 0 Å². The predicted molar refractivity (Wildman–Crippen MR) is 76.6 cm³/mol. The molecule has 0 aliphatic heterocycles. The molecule has 1 aromatic heterocycles. The fourth-order valence-electron chi connectivity index (χ4n) is 2.20. The SMILES string of the molecule is COc1ccccc1-c1ccc2ccc(=O)[nH]c2c1. The Morgan fingerprint density at radius 1 is 1.00 bits per heavy atom. The number of rotatable bonds is 2.